The average molecular weight is 490 g/mol. The first-order valence-corrected chi connectivity index (χ1v) is 11.6. The van der Waals surface area contributed by atoms with Crippen LogP contribution in [-0.2, 0) is 4.74 Å². The van der Waals surface area contributed by atoms with Gasteiger partial charge in [0.15, 0.2) is 11.5 Å². The van der Waals surface area contributed by atoms with Crippen molar-refractivity contribution in [3.63, 3.8) is 0 Å². The van der Waals surface area contributed by atoms with Gasteiger partial charge in [-0.05, 0) is 42.3 Å². The smallest absolute Gasteiger partial charge is 0.322 e. The maximum absolute atomic E-state index is 13.4. The Kier molecular flexibility index (Phi) is 9.01. The van der Waals surface area contributed by atoms with Gasteiger partial charge in [0, 0.05) is 35.9 Å². The molecule has 1 heterocycles. The summed E-state index contributed by atoms with van der Waals surface area (Å²) in [6.07, 6.45) is -0.304. The molecular weight excluding hydrogens is 458 g/mol. The first-order valence-electron chi connectivity index (χ1n) is 11.2. The number of halogens is 1. The van der Waals surface area contributed by atoms with Gasteiger partial charge in [-0.1, -0.05) is 31.5 Å². The third-order valence-corrected chi connectivity index (χ3v) is 5.66. The Bertz CT molecular complexity index is 1000. The Balaban J connectivity index is 1.69. The van der Waals surface area contributed by atoms with Gasteiger partial charge < -0.3 is 29.3 Å². The Morgan fingerprint density at radius 2 is 1.94 bits per heavy atom. The van der Waals surface area contributed by atoms with Gasteiger partial charge >= 0.3 is 6.03 Å². The number of anilines is 1. The summed E-state index contributed by atoms with van der Waals surface area (Å²) in [6.45, 7) is 6.28. The van der Waals surface area contributed by atoms with Crippen molar-refractivity contribution in [3.8, 4) is 11.5 Å². The van der Waals surface area contributed by atoms with Gasteiger partial charge in [-0.15, -0.1) is 0 Å². The fourth-order valence-electron chi connectivity index (χ4n) is 3.86. The number of rotatable bonds is 8. The van der Waals surface area contributed by atoms with Gasteiger partial charge in [0.05, 0.1) is 33.5 Å². The van der Waals surface area contributed by atoms with Gasteiger partial charge in [-0.3, -0.25) is 4.79 Å². The van der Waals surface area contributed by atoms with Crippen LogP contribution in [0.1, 0.15) is 24.2 Å². The highest BCUT2D eigenvalue weighted by atomic mass is 35.5. The van der Waals surface area contributed by atoms with E-state index in [9.17, 15) is 9.59 Å². The molecule has 184 valence electrons. The maximum Gasteiger partial charge on any atom is 0.322 e. The van der Waals surface area contributed by atoms with E-state index in [-0.39, 0.29) is 24.0 Å². The van der Waals surface area contributed by atoms with Crippen molar-refractivity contribution in [3.05, 3.63) is 53.1 Å². The molecule has 0 bridgehead atoms. The zero-order valence-corrected chi connectivity index (χ0v) is 20.8. The highest BCUT2D eigenvalue weighted by Crippen LogP contribution is 2.28. The van der Waals surface area contributed by atoms with Crippen LogP contribution in [0, 0.1) is 5.92 Å². The second kappa shape index (κ2) is 11.9. The van der Waals surface area contributed by atoms with Crippen molar-refractivity contribution < 1.29 is 23.8 Å². The van der Waals surface area contributed by atoms with Crippen molar-refractivity contribution in [2.75, 3.05) is 52.3 Å². The molecule has 1 aliphatic heterocycles. The molecule has 2 aromatic carbocycles. The molecule has 0 aromatic heterocycles. The summed E-state index contributed by atoms with van der Waals surface area (Å²) in [7, 11) is 3.09. The number of methoxy groups -OCH3 is 2. The second-order valence-corrected chi connectivity index (χ2v) is 8.99. The van der Waals surface area contributed by atoms with Crippen molar-refractivity contribution in [1.29, 1.82) is 0 Å². The number of carbonyl (C=O) groups is 2. The lowest BCUT2D eigenvalue weighted by atomic mass is 10.1. The number of hydrogen-bond acceptors (Lipinski definition) is 5. The van der Waals surface area contributed by atoms with E-state index in [1.54, 1.807) is 59.4 Å². The van der Waals surface area contributed by atoms with Crippen molar-refractivity contribution in [2.45, 2.75) is 20.0 Å². The van der Waals surface area contributed by atoms with Crippen LogP contribution in [-0.4, -0.2) is 74.8 Å². The van der Waals surface area contributed by atoms with Crippen molar-refractivity contribution in [2.24, 2.45) is 5.92 Å². The number of ether oxygens (including phenoxy) is 3. The van der Waals surface area contributed by atoms with E-state index < -0.39 is 0 Å². The van der Waals surface area contributed by atoms with Crippen LogP contribution < -0.4 is 14.8 Å². The number of nitrogens with zero attached hydrogens (tertiary/aromatic N) is 2. The molecule has 0 unspecified atom stereocenters. The molecule has 0 radical (unpaired) electrons. The van der Waals surface area contributed by atoms with Crippen LogP contribution in [0.25, 0.3) is 0 Å². The highest BCUT2D eigenvalue weighted by molar-refractivity contribution is 6.30. The topological polar surface area (TPSA) is 80.3 Å². The van der Waals surface area contributed by atoms with Gasteiger partial charge in [-0.25, -0.2) is 4.79 Å². The van der Waals surface area contributed by atoms with Gasteiger partial charge in [0.1, 0.15) is 0 Å². The van der Waals surface area contributed by atoms with E-state index in [0.717, 1.165) is 0 Å². The second-order valence-electron chi connectivity index (χ2n) is 8.55. The monoisotopic (exact) mass is 489 g/mol. The molecule has 2 aromatic rings. The van der Waals surface area contributed by atoms with Crippen molar-refractivity contribution in [1.82, 2.24) is 9.80 Å². The summed E-state index contributed by atoms with van der Waals surface area (Å²) in [5.74, 6) is 1.19. The van der Waals surface area contributed by atoms with Crippen LogP contribution in [0.5, 0.6) is 11.5 Å². The number of urea groups is 1. The molecule has 1 aliphatic rings. The van der Waals surface area contributed by atoms with Gasteiger partial charge in [0.25, 0.3) is 5.91 Å². The number of nitrogens with one attached hydrogen (secondary N) is 1. The summed E-state index contributed by atoms with van der Waals surface area (Å²) in [5, 5.41) is 3.42. The highest BCUT2D eigenvalue weighted by Gasteiger charge is 2.28. The largest absolute Gasteiger partial charge is 0.493 e. The molecule has 1 fully saturated rings. The SMILES string of the molecule is COc1ccc(C(=O)N(CC(C)C)C[C@H]2CN(C(=O)Nc3cccc(Cl)c3)CCO2)cc1OC. The molecule has 3 rings (SSSR count). The van der Waals surface area contributed by atoms with E-state index in [1.807, 2.05) is 0 Å². The molecule has 1 atom stereocenters. The number of benzene rings is 2. The van der Waals surface area contributed by atoms with Crippen molar-refractivity contribution >= 4 is 29.2 Å². The summed E-state index contributed by atoms with van der Waals surface area (Å²) in [5.41, 5.74) is 1.13. The molecule has 8 nitrogen and oxygen atoms in total. The molecule has 34 heavy (non-hydrogen) atoms. The summed E-state index contributed by atoms with van der Waals surface area (Å²) < 4.78 is 16.6. The third-order valence-electron chi connectivity index (χ3n) is 5.43. The van der Waals surface area contributed by atoms with Crippen LogP contribution in [0.4, 0.5) is 10.5 Å². The molecule has 9 heteroatoms. The normalized spacial score (nSPS) is 15.7. The lowest BCUT2D eigenvalue weighted by Gasteiger charge is -2.36. The minimum atomic E-state index is -0.304. The Morgan fingerprint density at radius 1 is 1.18 bits per heavy atom. The number of morpholine rings is 1. The first-order chi connectivity index (χ1) is 16.3. The quantitative estimate of drug-likeness (QED) is 0.595. The molecule has 1 saturated heterocycles. The maximum atomic E-state index is 13.4. The first kappa shape index (κ1) is 25.6. The third kappa shape index (κ3) is 6.77. The molecule has 0 aliphatic carbocycles. The van der Waals surface area contributed by atoms with Crippen LogP contribution in [0.2, 0.25) is 5.02 Å². The fourth-order valence-corrected chi connectivity index (χ4v) is 4.05. The average Bonchev–Trinajstić information content (AvgIpc) is 2.82. The Morgan fingerprint density at radius 3 is 2.62 bits per heavy atom. The van der Waals surface area contributed by atoms with Gasteiger partial charge in [0.2, 0.25) is 0 Å². The molecule has 0 spiro atoms. The van der Waals surface area contributed by atoms with E-state index in [1.165, 1.54) is 7.11 Å². The minimum Gasteiger partial charge on any atom is -0.493 e. The van der Waals surface area contributed by atoms with E-state index in [0.29, 0.717) is 60.6 Å². The Labute approximate surface area is 205 Å². The molecule has 1 N–H and O–H groups in total. The predicted octanol–water partition coefficient (Wildman–Crippen LogP) is 4.39. The molecule has 3 amide bonds. The van der Waals surface area contributed by atoms with E-state index in [4.69, 9.17) is 25.8 Å². The lowest BCUT2D eigenvalue weighted by molar-refractivity contribution is -0.0272. The number of amides is 3. The fraction of sp³-hybridized carbons (Fsp3) is 0.440. The van der Waals surface area contributed by atoms with Crippen LogP contribution in [0.3, 0.4) is 0 Å². The molecule has 0 saturated carbocycles. The standard InChI is InChI=1S/C25H32ClN3O5/c1-17(2)14-29(24(30)18-8-9-22(32-3)23(12-18)33-4)16-21-15-28(10-11-34-21)25(31)27-20-7-5-6-19(26)13-20/h5-9,12-13,17,21H,10-11,14-16H2,1-4H3,(H,27,31)/t21-/m1/s1. The zero-order chi connectivity index (χ0) is 24.7. The number of carbonyl (C=O) groups excluding carboxylic acids is 2. The summed E-state index contributed by atoms with van der Waals surface area (Å²) in [6, 6.07) is 11.9. The minimum absolute atomic E-state index is 0.126. The van der Waals surface area contributed by atoms with Gasteiger partial charge in [-0.2, -0.15) is 0 Å². The van der Waals surface area contributed by atoms with Crippen LogP contribution in [0.15, 0.2) is 42.5 Å². The van der Waals surface area contributed by atoms with E-state index in [2.05, 4.69) is 19.2 Å². The summed E-state index contributed by atoms with van der Waals surface area (Å²) in [4.78, 5) is 29.6. The molecular formula is C25H32ClN3O5. The zero-order valence-electron chi connectivity index (χ0n) is 20.0. The lowest BCUT2D eigenvalue weighted by Crippen LogP contribution is -2.52. The Hall–Kier alpha value is -2.97. The predicted molar refractivity (Wildman–Crippen MR) is 132 cm³/mol. The number of hydrogen-bond donors (Lipinski definition) is 1. The van der Waals surface area contributed by atoms with E-state index >= 15 is 0 Å². The summed E-state index contributed by atoms with van der Waals surface area (Å²) >= 11 is 6.01. The van der Waals surface area contributed by atoms with Crippen LogP contribution >= 0.6 is 11.6 Å².